The lowest BCUT2D eigenvalue weighted by molar-refractivity contribution is 0.151. The molecule has 8 nitrogen and oxygen atoms in total. The minimum absolute atomic E-state index is 0.0211. The minimum atomic E-state index is -2.57. The van der Waals surface area contributed by atoms with E-state index in [1.54, 1.807) is 30.1 Å². The molecule has 3 heterocycles. The van der Waals surface area contributed by atoms with Gasteiger partial charge in [-0.25, -0.2) is 33.7 Å². The van der Waals surface area contributed by atoms with Crippen LogP contribution in [-0.2, 0) is 0 Å². The van der Waals surface area contributed by atoms with Gasteiger partial charge in [0.2, 0.25) is 0 Å². The van der Waals surface area contributed by atoms with Crippen molar-refractivity contribution in [2.45, 2.75) is 45.1 Å². The van der Waals surface area contributed by atoms with E-state index in [1.165, 1.54) is 12.4 Å². The number of hydrogen-bond acceptors (Lipinski definition) is 7. The molecule has 0 radical (unpaired) electrons. The normalized spacial score (nSPS) is 14.8. The number of alkyl halides is 2. The number of rotatable bonds is 6. The highest BCUT2D eigenvalue weighted by Gasteiger charge is 2.28. The molecule has 0 saturated heterocycles. The van der Waals surface area contributed by atoms with Crippen LogP contribution < -0.4 is 5.32 Å². The summed E-state index contributed by atoms with van der Waals surface area (Å²) in [6, 6.07) is 2.69. The molecular formula is C21H19BrF2N8. The van der Waals surface area contributed by atoms with Crippen molar-refractivity contribution in [3.05, 3.63) is 58.1 Å². The van der Waals surface area contributed by atoms with Crippen LogP contribution in [0.4, 0.5) is 14.6 Å². The topological polar surface area (TPSA) is 94.3 Å². The Kier molecular flexibility index (Phi) is 5.28. The number of aromatic nitrogens is 7. The predicted molar refractivity (Wildman–Crippen MR) is 118 cm³/mol. The third-order valence-electron chi connectivity index (χ3n) is 5.33. The molecule has 1 fully saturated rings. The van der Waals surface area contributed by atoms with E-state index in [9.17, 15) is 8.78 Å². The smallest absolute Gasteiger partial charge is 0.263 e. The van der Waals surface area contributed by atoms with E-state index >= 15 is 0 Å². The van der Waals surface area contributed by atoms with Crippen LogP contribution in [0.3, 0.4) is 0 Å². The Hall–Kier alpha value is -3.08. The van der Waals surface area contributed by atoms with Gasteiger partial charge in [-0.2, -0.15) is 4.68 Å². The Morgan fingerprint density at radius 1 is 1.12 bits per heavy atom. The van der Waals surface area contributed by atoms with Crippen molar-refractivity contribution in [2.24, 2.45) is 0 Å². The molecule has 1 aliphatic carbocycles. The van der Waals surface area contributed by atoms with Gasteiger partial charge in [-0.05, 0) is 66.2 Å². The van der Waals surface area contributed by atoms with E-state index in [-0.39, 0.29) is 17.5 Å². The highest BCUT2D eigenvalue weighted by Crippen LogP contribution is 2.44. The molecule has 32 heavy (non-hydrogen) atoms. The van der Waals surface area contributed by atoms with Crippen LogP contribution in [-0.4, -0.2) is 34.7 Å². The van der Waals surface area contributed by atoms with Gasteiger partial charge in [0, 0.05) is 23.3 Å². The third kappa shape index (κ3) is 3.92. The van der Waals surface area contributed by atoms with E-state index in [2.05, 4.69) is 51.3 Å². The maximum Gasteiger partial charge on any atom is 0.263 e. The Morgan fingerprint density at radius 2 is 1.88 bits per heavy atom. The maximum absolute atomic E-state index is 13.6. The third-order valence-corrected chi connectivity index (χ3v) is 5.74. The van der Waals surface area contributed by atoms with Crippen molar-refractivity contribution in [3.8, 4) is 5.95 Å². The zero-order chi connectivity index (χ0) is 22.4. The lowest BCUT2D eigenvalue weighted by Crippen LogP contribution is -2.16. The van der Waals surface area contributed by atoms with Crippen molar-refractivity contribution in [3.63, 3.8) is 0 Å². The van der Waals surface area contributed by atoms with E-state index < -0.39 is 6.43 Å². The number of nitrogens with one attached hydrogen (secondary N) is 1. The molecule has 0 spiro atoms. The molecule has 1 saturated carbocycles. The van der Waals surface area contributed by atoms with Crippen LogP contribution >= 0.6 is 15.9 Å². The molecule has 11 heteroatoms. The fraction of sp³-hybridized carbons (Fsp3) is 0.333. The van der Waals surface area contributed by atoms with Crippen LogP contribution in [0.25, 0.3) is 16.9 Å². The first kappa shape index (κ1) is 20.8. The molecule has 1 aliphatic rings. The molecule has 4 aromatic rings. The van der Waals surface area contributed by atoms with E-state index in [0.717, 1.165) is 22.9 Å². The molecule has 5 rings (SSSR count). The van der Waals surface area contributed by atoms with Crippen molar-refractivity contribution in [1.29, 1.82) is 0 Å². The first-order valence-electron chi connectivity index (χ1n) is 10.2. The van der Waals surface area contributed by atoms with Crippen molar-refractivity contribution in [2.75, 3.05) is 5.32 Å². The van der Waals surface area contributed by atoms with Crippen LogP contribution in [0.5, 0.6) is 0 Å². The van der Waals surface area contributed by atoms with Crippen LogP contribution in [0, 0.1) is 6.92 Å². The predicted octanol–water partition coefficient (Wildman–Crippen LogP) is 5.06. The highest BCUT2D eigenvalue weighted by atomic mass is 79.9. The molecule has 3 aromatic heterocycles. The number of nitrogens with zero attached hydrogens (tertiary/aromatic N) is 7. The summed E-state index contributed by atoms with van der Waals surface area (Å²) in [4.78, 5) is 21.9. The highest BCUT2D eigenvalue weighted by molar-refractivity contribution is 9.10. The molecule has 1 N–H and O–H groups in total. The van der Waals surface area contributed by atoms with Gasteiger partial charge in [0.05, 0.1) is 16.0 Å². The Balaban J connectivity index is 1.55. The number of aryl methyl sites for hydroxylation is 1. The van der Waals surface area contributed by atoms with Crippen molar-refractivity contribution in [1.82, 2.24) is 34.7 Å². The SMILES string of the molecule is Cc1nc([C@H](C)Nc2ncnc3c(C4CC4)cc(C(F)F)cc23)n(-c2ncc(Br)cn2)n1. The monoisotopic (exact) mass is 500 g/mol. The van der Waals surface area contributed by atoms with Crippen molar-refractivity contribution < 1.29 is 8.78 Å². The van der Waals surface area contributed by atoms with Gasteiger partial charge >= 0.3 is 0 Å². The molecule has 1 atom stereocenters. The second-order valence-electron chi connectivity index (χ2n) is 7.80. The lowest BCUT2D eigenvalue weighted by Gasteiger charge is -2.17. The maximum atomic E-state index is 13.6. The van der Waals surface area contributed by atoms with Gasteiger partial charge in [0.1, 0.15) is 18.0 Å². The van der Waals surface area contributed by atoms with Gasteiger partial charge < -0.3 is 5.32 Å². The number of fused-ring (bicyclic) bond motifs is 1. The van der Waals surface area contributed by atoms with Gasteiger partial charge in [0.15, 0.2) is 5.82 Å². The first-order valence-corrected chi connectivity index (χ1v) is 10.9. The Labute approximate surface area is 190 Å². The van der Waals surface area contributed by atoms with Crippen LogP contribution in [0.1, 0.15) is 60.9 Å². The summed E-state index contributed by atoms with van der Waals surface area (Å²) in [6.45, 7) is 3.67. The molecule has 164 valence electrons. The van der Waals surface area contributed by atoms with Gasteiger partial charge in [-0.1, -0.05) is 0 Å². The Bertz CT molecular complexity index is 1290. The number of halogens is 3. The number of anilines is 1. The fourth-order valence-corrected chi connectivity index (χ4v) is 3.91. The Morgan fingerprint density at radius 3 is 2.56 bits per heavy atom. The summed E-state index contributed by atoms with van der Waals surface area (Å²) in [6.07, 6.45) is 4.12. The molecule has 0 unspecified atom stereocenters. The second-order valence-corrected chi connectivity index (χ2v) is 8.72. The van der Waals surface area contributed by atoms with Crippen LogP contribution in [0.15, 0.2) is 35.3 Å². The van der Waals surface area contributed by atoms with Crippen molar-refractivity contribution >= 4 is 32.7 Å². The van der Waals surface area contributed by atoms with Crippen LogP contribution in [0.2, 0.25) is 0 Å². The minimum Gasteiger partial charge on any atom is -0.360 e. The number of benzene rings is 1. The quantitative estimate of drug-likeness (QED) is 0.395. The second kappa shape index (κ2) is 8.12. The number of hydrogen-bond donors (Lipinski definition) is 1. The van der Waals surface area contributed by atoms with E-state index in [0.29, 0.717) is 34.3 Å². The summed E-state index contributed by atoms with van der Waals surface area (Å²) in [5, 5.41) is 8.29. The zero-order valence-electron chi connectivity index (χ0n) is 17.3. The molecule has 0 bridgehead atoms. The van der Waals surface area contributed by atoms with Gasteiger partial charge in [-0.3, -0.25) is 0 Å². The summed E-state index contributed by atoms with van der Waals surface area (Å²) >= 11 is 3.32. The van der Waals surface area contributed by atoms with Gasteiger partial charge in [-0.15, -0.1) is 5.10 Å². The summed E-state index contributed by atoms with van der Waals surface area (Å²) in [5.74, 6) is 2.25. The summed E-state index contributed by atoms with van der Waals surface area (Å²) in [7, 11) is 0. The standard InChI is InChI=1S/C21H19BrF2N8/c1-10(20-30-11(2)31-32(20)21-25-7-14(22)8-26-21)29-19-16-6-13(18(23)24)5-15(12-3-4-12)17(16)27-9-28-19/h5-10,12,18H,3-4H2,1-2H3,(H,27,28,29)/t10-/m0/s1. The van der Waals surface area contributed by atoms with E-state index in [1.807, 2.05) is 6.92 Å². The zero-order valence-corrected chi connectivity index (χ0v) is 18.9. The lowest BCUT2D eigenvalue weighted by atomic mass is 10.0. The largest absolute Gasteiger partial charge is 0.360 e. The average Bonchev–Trinajstić information content (AvgIpc) is 3.55. The summed E-state index contributed by atoms with van der Waals surface area (Å²) in [5.41, 5.74) is 1.54. The summed E-state index contributed by atoms with van der Waals surface area (Å²) < 4.78 is 29.5. The van der Waals surface area contributed by atoms with E-state index in [4.69, 9.17) is 0 Å². The molecule has 0 amide bonds. The van der Waals surface area contributed by atoms with Gasteiger partial charge in [0.25, 0.3) is 12.4 Å². The molecule has 1 aromatic carbocycles. The molecular weight excluding hydrogens is 482 g/mol. The first-order chi connectivity index (χ1) is 15.4. The fourth-order valence-electron chi connectivity index (χ4n) is 3.71. The molecule has 0 aliphatic heterocycles. The average molecular weight is 501 g/mol.